The Kier molecular flexibility index (Phi) is 3.71. The number of hydrogen-bond donors (Lipinski definition) is 0. The van der Waals surface area contributed by atoms with Crippen molar-refractivity contribution in [2.75, 3.05) is 4.90 Å². The van der Waals surface area contributed by atoms with Crippen LogP contribution < -0.4 is 4.90 Å². The van der Waals surface area contributed by atoms with E-state index in [0.717, 1.165) is 17.7 Å². The zero-order valence-corrected chi connectivity index (χ0v) is 13.9. The maximum atomic E-state index is 3.37. The van der Waals surface area contributed by atoms with Gasteiger partial charge in [0.25, 0.3) is 0 Å². The van der Waals surface area contributed by atoms with Crippen LogP contribution in [0.5, 0.6) is 0 Å². The van der Waals surface area contributed by atoms with E-state index in [-0.39, 0.29) is 5.54 Å². The first-order chi connectivity index (χ1) is 10.5. The molecule has 3 rings (SSSR count). The molecule has 0 spiro atoms. The maximum absolute atomic E-state index is 3.37. The minimum absolute atomic E-state index is 0.0578. The molecule has 1 aliphatic rings. The highest BCUT2D eigenvalue weighted by Crippen LogP contribution is 2.34. The van der Waals surface area contributed by atoms with Gasteiger partial charge in [0.15, 0.2) is 0 Å². The smallest absolute Gasteiger partial charge is 0.0533 e. The summed E-state index contributed by atoms with van der Waals surface area (Å²) in [7, 11) is 0. The number of hydrogen-bond acceptors (Lipinski definition) is 1. The zero-order chi connectivity index (χ0) is 15.7. The van der Waals surface area contributed by atoms with Crippen LogP contribution in [0.4, 0.5) is 5.69 Å². The summed E-state index contributed by atoms with van der Waals surface area (Å²) < 4.78 is 0. The molecular formula is C21H23N. The molecule has 0 fully saturated rings. The van der Waals surface area contributed by atoms with E-state index in [9.17, 15) is 0 Å². The zero-order valence-electron chi connectivity index (χ0n) is 13.9. The maximum Gasteiger partial charge on any atom is 0.0533 e. The molecule has 1 heterocycles. The summed E-state index contributed by atoms with van der Waals surface area (Å²) in [5.74, 6) is 7.26. The van der Waals surface area contributed by atoms with Crippen molar-refractivity contribution in [3.63, 3.8) is 0 Å². The molecule has 1 heteroatoms. The van der Waals surface area contributed by atoms with Crippen molar-refractivity contribution in [3.8, 4) is 11.8 Å². The summed E-state index contributed by atoms with van der Waals surface area (Å²) in [6, 6.07) is 17.0. The Bertz CT molecular complexity index is 744. The van der Waals surface area contributed by atoms with E-state index in [1.54, 1.807) is 0 Å². The summed E-state index contributed by atoms with van der Waals surface area (Å²) in [4.78, 5) is 2.51. The van der Waals surface area contributed by atoms with Gasteiger partial charge in [0.2, 0.25) is 0 Å². The highest BCUT2D eigenvalue weighted by molar-refractivity contribution is 5.65. The van der Waals surface area contributed by atoms with Crippen LogP contribution in [0.2, 0.25) is 0 Å². The first-order valence-electron chi connectivity index (χ1n) is 7.97. The van der Waals surface area contributed by atoms with Gasteiger partial charge in [-0.15, -0.1) is 0 Å². The third kappa shape index (κ3) is 2.50. The molecule has 0 radical (unpaired) electrons. The molecule has 1 aliphatic heterocycles. The van der Waals surface area contributed by atoms with E-state index in [4.69, 9.17) is 0 Å². The predicted molar refractivity (Wildman–Crippen MR) is 94.0 cm³/mol. The summed E-state index contributed by atoms with van der Waals surface area (Å²) >= 11 is 0. The van der Waals surface area contributed by atoms with Crippen LogP contribution in [-0.2, 0) is 6.54 Å². The molecule has 0 bridgehead atoms. The lowest BCUT2D eigenvalue weighted by Gasteiger charge is -2.44. The largest absolute Gasteiger partial charge is 0.361 e. The lowest BCUT2D eigenvalue weighted by Crippen LogP contribution is -2.48. The summed E-state index contributed by atoms with van der Waals surface area (Å²) in [6.45, 7) is 10.1. The molecule has 2 aromatic rings. The van der Waals surface area contributed by atoms with Gasteiger partial charge in [-0.3, -0.25) is 0 Å². The third-order valence-corrected chi connectivity index (χ3v) is 4.98. The first-order valence-corrected chi connectivity index (χ1v) is 7.97. The second-order valence-electron chi connectivity index (χ2n) is 6.82. The van der Waals surface area contributed by atoms with Gasteiger partial charge in [-0.1, -0.05) is 56.0 Å². The van der Waals surface area contributed by atoms with Crippen LogP contribution in [0, 0.1) is 17.8 Å². The second kappa shape index (κ2) is 5.54. The summed E-state index contributed by atoms with van der Waals surface area (Å²) in [6.07, 6.45) is 0. The molecule has 0 saturated heterocycles. The Hall–Kier alpha value is -2.20. The lowest BCUT2D eigenvalue weighted by molar-refractivity contribution is 0.337. The van der Waals surface area contributed by atoms with E-state index in [1.165, 1.54) is 11.3 Å². The van der Waals surface area contributed by atoms with Gasteiger partial charge in [0.1, 0.15) is 0 Å². The van der Waals surface area contributed by atoms with Crippen LogP contribution in [0.1, 0.15) is 44.4 Å². The normalized spacial score (nSPS) is 13.6. The lowest BCUT2D eigenvalue weighted by atomic mass is 9.86. The topological polar surface area (TPSA) is 3.24 Å². The highest BCUT2D eigenvalue weighted by Gasteiger charge is 2.32. The van der Waals surface area contributed by atoms with E-state index in [2.05, 4.69) is 93.0 Å². The van der Waals surface area contributed by atoms with Gasteiger partial charge in [-0.25, -0.2) is 0 Å². The molecule has 0 saturated carbocycles. The Balaban J connectivity index is 2.22. The summed E-state index contributed by atoms with van der Waals surface area (Å²) in [5.41, 5.74) is 4.86. The van der Waals surface area contributed by atoms with Crippen molar-refractivity contribution in [3.05, 3.63) is 65.2 Å². The van der Waals surface area contributed by atoms with Gasteiger partial charge in [0, 0.05) is 23.2 Å². The molecular weight excluding hydrogens is 266 g/mol. The molecule has 22 heavy (non-hydrogen) atoms. The first kappa shape index (κ1) is 14.7. The molecule has 112 valence electrons. The molecule has 1 nitrogen and oxygen atoms in total. The molecule has 2 aromatic carbocycles. The van der Waals surface area contributed by atoms with Gasteiger partial charge in [-0.05, 0) is 43.5 Å². The SMILES string of the molecule is CC(C)C(C)(C)N1Cc2ccccc2C#Cc2ccccc21. The van der Waals surface area contributed by atoms with Crippen LogP contribution in [0.25, 0.3) is 0 Å². The molecule has 0 aliphatic carbocycles. The average molecular weight is 289 g/mol. The number of fused-ring (bicyclic) bond motifs is 2. The number of benzene rings is 2. The van der Waals surface area contributed by atoms with Crippen LogP contribution in [0.15, 0.2) is 48.5 Å². The molecule has 0 unspecified atom stereocenters. The third-order valence-electron chi connectivity index (χ3n) is 4.98. The number of anilines is 1. The Morgan fingerprint density at radius 1 is 0.909 bits per heavy atom. The molecule has 0 amide bonds. The Morgan fingerprint density at radius 2 is 1.50 bits per heavy atom. The van der Waals surface area contributed by atoms with Crippen molar-refractivity contribution < 1.29 is 0 Å². The Morgan fingerprint density at radius 3 is 2.23 bits per heavy atom. The fourth-order valence-corrected chi connectivity index (χ4v) is 2.81. The fraction of sp³-hybridized carbons (Fsp3) is 0.333. The van der Waals surface area contributed by atoms with Crippen molar-refractivity contribution >= 4 is 5.69 Å². The predicted octanol–water partition coefficient (Wildman–Crippen LogP) is 4.84. The fourth-order valence-electron chi connectivity index (χ4n) is 2.81. The van der Waals surface area contributed by atoms with E-state index in [1.807, 2.05) is 0 Å². The van der Waals surface area contributed by atoms with Crippen molar-refractivity contribution in [1.82, 2.24) is 0 Å². The van der Waals surface area contributed by atoms with E-state index in [0.29, 0.717) is 5.92 Å². The molecule has 0 N–H and O–H groups in total. The van der Waals surface area contributed by atoms with E-state index >= 15 is 0 Å². The Labute approximate surface area is 134 Å². The van der Waals surface area contributed by atoms with Gasteiger partial charge in [-0.2, -0.15) is 0 Å². The van der Waals surface area contributed by atoms with Gasteiger partial charge in [0.05, 0.1) is 5.69 Å². The monoisotopic (exact) mass is 289 g/mol. The van der Waals surface area contributed by atoms with Crippen LogP contribution in [-0.4, -0.2) is 5.54 Å². The molecule has 0 atom stereocenters. The number of para-hydroxylation sites is 1. The van der Waals surface area contributed by atoms with Gasteiger partial charge < -0.3 is 4.90 Å². The number of rotatable bonds is 2. The van der Waals surface area contributed by atoms with E-state index < -0.39 is 0 Å². The number of nitrogens with zero attached hydrogens (tertiary/aromatic N) is 1. The van der Waals surface area contributed by atoms with Gasteiger partial charge >= 0.3 is 0 Å². The average Bonchev–Trinajstić information content (AvgIpc) is 2.49. The van der Waals surface area contributed by atoms with Crippen molar-refractivity contribution in [2.24, 2.45) is 5.92 Å². The highest BCUT2D eigenvalue weighted by atomic mass is 15.2. The van der Waals surface area contributed by atoms with Crippen molar-refractivity contribution in [2.45, 2.75) is 39.8 Å². The van der Waals surface area contributed by atoms with Crippen molar-refractivity contribution in [1.29, 1.82) is 0 Å². The minimum Gasteiger partial charge on any atom is -0.361 e. The minimum atomic E-state index is 0.0578. The molecule has 0 aromatic heterocycles. The quantitative estimate of drug-likeness (QED) is 0.715. The summed E-state index contributed by atoms with van der Waals surface area (Å²) in [5, 5.41) is 0. The van der Waals surface area contributed by atoms with Crippen LogP contribution in [0.3, 0.4) is 0 Å². The standard InChI is InChI=1S/C21H23N/c1-16(2)21(3,4)22-15-19-11-6-5-9-17(19)13-14-18-10-7-8-12-20(18)22/h5-12,16H,15H2,1-4H3. The van der Waals surface area contributed by atoms with Crippen LogP contribution >= 0.6 is 0 Å². The second-order valence-corrected chi connectivity index (χ2v) is 6.82.